The van der Waals surface area contributed by atoms with Gasteiger partial charge in [0.15, 0.2) is 0 Å². The van der Waals surface area contributed by atoms with E-state index in [2.05, 4.69) is 0 Å². The molecule has 3 atom stereocenters. The van der Waals surface area contributed by atoms with Crippen molar-refractivity contribution in [2.45, 2.75) is 31.8 Å². The van der Waals surface area contributed by atoms with Gasteiger partial charge in [-0.2, -0.15) is 0 Å². The number of carboxylic acids is 2. The summed E-state index contributed by atoms with van der Waals surface area (Å²) in [5.74, 6) is -2.43. The number of carbonyl (C=O) groups is 2. The van der Waals surface area contributed by atoms with E-state index in [-0.39, 0.29) is 12.6 Å². The number of aliphatic carboxylic acids is 2. The average molecular weight is 230 g/mol. The number of hydrogen-bond donors (Lipinski definition) is 3. The lowest BCUT2D eigenvalue weighted by Gasteiger charge is -2.28. The quantitative estimate of drug-likeness (QED) is 0.606. The van der Waals surface area contributed by atoms with Crippen LogP contribution >= 0.6 is 0 Å². The summed E-state index contributed by atoms with van der Waals surface area (Å²) in [6, 6.07) is -0.206. The van der Waals surface area contributed by atoms with E-state index in [1.165, 1.54) is 0 Å². The number of nitrogens with zero attached hydrogens (tertiary/aromatic N) is 1. The second-order valence-electron chi connectivity index (χ2n) is 4.55. The third-order valence-corrected chi connectivity index (χ3v) is 3.45. The van der Waals surface area contributed by atoms with Gasteiger partial charge in [0.05, 0.1) is 5.92 Å². The summed E-state index contributed by atoms with van der Waals surface area (Å²) in [4.78, 5) is 23.6. The van der Waals surface area contributed by atoms with Crippen LogP contribution in [0.3, 0.4) is 0 Å². The van der Waals surface area contributed by atoms with Crippen molar-refractivity contribution >= 4 is 11.9 Å². The minimum atomic E-state index is -1.23. The molecule has 6 nitrogen and oxygen atoms in total. The highest BCUT2D eigenvalue weighted by Crippen LogP contribution is 2.24. The van der Waals surface area contributed by atoms with Crippen LogP contribution in [0.1, 0.15) is 20.3 Å². The van der Waals surface area contributed by atoms with Gasteiger partial charge in [-0.3, -0.25) is 14.5 Å². The van der Waals surface area contributed by atoms with E-state index in [9.17, 15) is 9.59 Å². The van der Waals surface area contributed by atoms with Crippen molar-refractivity contribution in [2.24, 2.45) is 11.7 Å². The lowest BCUT2D eigenvalue weighted by atomic mass is 10.00. The number of hydrogen-bond acceptors (Lipinski definition) is 4. The smallest absolute Gasteiger partial charge is 0.325 e. The topological polar surface area (TPSA) is 104 Å². The highest BCUT2D eigenvalue weighted by Gasteiger charge is 2.43. The molecular formula is C10H18N2O4. The maximum absolute atomic E-state index is 10.9. The van der Waals surface area contributed by atoms with Crippen molar-refractivity contribution in [2.75, 3.05) is 13.1 Å². The molecule has 1 rings (SSSR count). The van der Waals surface area contributed by atoms with Crippen LogP contribution in [-0.2, 0) is 9.59 Å². The molecule has 1 saturated heterocycles. The van der Waals surface area contributed by atoms with E-state index in [1.807, 2.05) is 4.90 Å². The monoisotopic (exact) mass is 230 g/mol. The highest BCUT2D eigenvalue weighted by molar-refractivity contribution is 5.79. The normalized spacial score (nSPS) is 29.9. The predicted molar refractivity (Wildman–Crippen MR) is 57.0 cm³/mol. The molecule has 1 fully saturated rings. The predicted octanol–water partition coefficient (Wildman–Crippen LogP) is -0.417. The van der Waals surface area contributed by atoms with Gasteiger partial charge in [-0.1, -0.05) is 6.92 Å². The number of likely N-dealkylation sites (tertiary alicyclic amines) is 1. The molecular weight excluding hydrogens is 212 g/mol. The molecule has 0 radical (unpaired) electrons. The molecule has 92 valence electrons. The molecule has 4 N–H and O–H groups in total. The molecule has 0 amide bonds. The zero-order valence-corrected chi connectivity index (χ0v) is 9.51. The largest absolute Gasteiger partial charge is 0.481 e. The fourth-order valence-corrected chi connectivity index (χ4v) is 1.91. The lowest BCUT2D eigenvalue weighted by Crippen LogP contribution is -2.51. The minimum Gasteiger partial charge on any atom is -0.481 e. The Hall–Kier alpha value is -1.14. The first-order valence-corrected chi connectivity index (χ1v) is 5.27. The van der Waals surface area contributed by atoms with Gasteiger partial charge < -0.3 is 15.9 Å². The third kappa shape index (κ3) is 2.33. The van der Waals surface area contributed by atoms with Crippen LogP contribution in [-0.4, -0.2) is 51.7 Å². The van der Waals surface area contributed by atoms with Crippen molar-refractivity contribution in [3.63, 3.8) is 0 Å². The summed E-state index contributed by atoms with van der Waals surface area (Å²) in [6.07, 6.45) is 0.360. The van der Waals surface area contributed by atoms with E-state index >= 15 is 0 Å². The minimum absolute atomic E-state index is 0.206. The number of carboxylic acid groups (broad SMARTS) is 2. The number of rotatable bonds is 4. The average Bonchev–Trinajstić information content (AvgIpc) is 2.60. The lowest BCUT2D eigenvalue weighted by molar-refractivity contribution is -0.143. The van der Waals surface area contributed by atoms with Crippen LogP contribution in [0.2, 0.25) is 0 Å². The third-order valence-electron chi connectivity index (χ3n) is 3.45. The molecule has 0 bridgehead atoms. The van der Waals surface area contributed by atoms with Gasteiger partial charge in [0.2, 0.25) is 0 Å². The molecule has 0 aliphatic carbocycles. The van der Waals surface area contributed by atoms with E-state index in [0.717, 1.165) is 0 Å². The second-order valence-corrected chi connectivity index (χ2v) is 4.55. The Balaban J connectivity index is 2.66. The fourth-order valence-electron chi connectivity index (χ4n) is 1.91. The van der Waals surface area contributed by atoms with Crippen molar-refractivity contribution in [1.82, 2.24) is 4.90 Å². The van der Waals surface area contributed by atoms with Gasteiger partial charge in [0.25, 0.3) is 0 Å². The zero-order valence-electron chi connectivity index (χ0n) is 9.51. The summed E-state index contributed by atoms with van der Waals surface area (Å²) in [6.45, 7) is 4.14. The second kappa shape index (κ2) is 4.39. The van der Waals surface area contributed by atoms with Gasteiger partial charge >= 0.3 is 11.9 Å². The Morgan fingerprint density at radius 1 is 1.38 bits per heavy atom. The summed E-state index contributed by atoms with van der Waals surface area (Å²) < 4.78 is 0. The Morgan fingerprint density at radius 3 is 2.31 bits per heavy atom. The molecule has 0 aromatic rings. The Bertz CT molecular complexity index is 307. The molecule has 0 aromatic carbocycles. The van der Waals surface area contributed by atoms with Crippen molar-refractivity contribution in [3.05, 3.63) is 0 Å². The molecule has 1 aliphatic rings. The molecule has 3 unspecified atom stereocenters. The van der Waals surface area contributed by atoms with Crippen LogP contribution < -0.4 is 5.73 Å². The van der Waals surface area contributed by atoms with Crippen molar-refractivity contribution < 1.29 is 19.8 Å². The van der Waals surface area contributed by atoms with Gasteiger partial charge in [-0.05, 0) is 13.3 Å². The van der Waals surface area contributed by atoms with Crippen LogP contribution in [0.25, 0.3) is 0 Å². The van der Waals surface area contributed by atoms with E-state index in [4.69, 9.17) is 15.9 Å². The summed E-state index contributed by atoms with van der Waals surface area (Å²) in [7, 11) is 0. The first-order valence-electron chi connectivity index (χ1n) is 5.27. The maximum Gasteiger partial charge on any atom is 0.325 e. The SMILES string of the molecule is CC(C(=O)O)C(C)N1CCC(N)(C(=O)O)C1. The highest BCUT2D eigenvalue weighted by atomic mass is 16.4. The van der Waals surface area contributed by atoms with Gasteiger partial charge in [-0.15, -0.1) is 0 Å². The molecule has 16 heavy (non-hydrogen) atoms. The first-order chi connectivity index (χ1) is 7.28. The Labute approximate surface area is 94.0 Å². The molecule has 1 aliphatic heterocycles. The molecule has 1 heterocycles. The standard InChI is InChI=1S/C10H18N2O4/c1-6(8(13)14)7(2)12-4-3-10(11,5-12)9(15)16/h6-7H,3-5,11H2,1-2H3,(H,13,14)(H,15,16). The van der Waals surface area contributed by atoms with Crippen LogP contribution in [0.4, 0.5) is 0 Å². The van der Waals surface area contributed by atoms with Gasteiger partial charge in [0, 0.05) is 19.1 Å². The Morgan fingerprint density at radius 2 is 1.94 bits per heavy atom. The molecule has 6 heteroatoms. The summed E-state index contributed by atoms with van der Waals surface area (Å²) >= 11 is 0. The molecule has 0 spiro atoms. The van der Waals surface area contributed by atoms with Crippen molar-refractivity contribution in [1.29, 1.82) is 0 Å². The van der Waals surface area contributed by atoms with Gasteiger partial charge in [-0.25, -0.2) is 0 Å². The molecule has 0 saturated carbocycles. The fraction of sp³-hybridized carbons (Fsp3) is 0.800. The van der Waals surface area contributed by atoms with E-state index < -0.39 is 23.4 Å². The zero-order chi connectivity index (χ0) is 12.5. The molecule has 0 aromatic heterocycles. The van der Waals surface area contributed by atoms with Crippen LogP contribution in [0.15, 0.2) is 0 Å². The maximum atomic E-state index is 10.9. The van der Waals surface area contributed by atoms with Crippen LogP contribution in [0.5, 0.6) is 0 Å². The van der Waals surface area contributed by atoms with Crippen molar-refractivity contribution in [3.8, 4) is 0 Å². The summed E-state index contributed by atoms with van der Waals surface area (Å²) in [5, 5.41) is 17.8. The summed E-state index contributed by atoms with van der Waals surface area (Å²) in [5.41, 5.74) is 4.49. The van der Waals surface area contributed by atoms with Crippen LogP contribution in [0, 0.1) is 5.92 Å². The van der Waals surface area contributed by atoms with Gasteiger partial charge in [0.1, 0.15) is 5.54 Å². The van der Waals surface area contributed by atoms with E-state index in [0.29, 0.717) is 13.0 Å². The Kier molecular flexibility index (Phi) is 3.54. The first kappa shape index (κ1) is 12.9. The number of nitrogens with two attached hydrogens (primary N) is 1. The van der Waals surface area contributed by atoms with E-state index in [1.54, 1.807) is 13.8 Å².